The Morgan fingerprint density at radius 2 is 1.91 bits per heavy atom. The Balaban J connectivity index is 2.20. The molecule has 1 N–H and O–H groups in total. The van der Waals surface area contributed by atoms with Gasteiger partial charge in [0.2, 0.25) is 0 Å². The number of carbonyl (C=O) groups excluding carboxylic acids is 1. The number of hydrogen-bond donors (Lipinski definition) is 1. The van der Waals surface area contributed by atoms with Gasteiger partial charge in [-0.1, -0.05) is 36.5 Å². The Bertz CT molecular complexity index is 724. The predicted octanol–water partition coefficient (Wildman–Crippen LogP) is 3.60. The Hall–Kier alpha value is -1.85. The average Bonchev–Trinajstić information content (AvgIpc) is 2.45. The minimum atomic E-state index is -0.427. The standard InChI is InChI=1S/C15H15Cl2N3O2/c1-2-3-6-20-14(21)5-4-13(19-20)15(22)18-12-8-10(16)7-11(17)9-12/h4-5,7-9H,2-3,6H2,1H3,(H,18,22). The molecule has 0 aliphatic rings. The zero-order valence-electron chi connectivity index (χ0n) is 12.0. The molecule has 0 radical (unpaired) electrons. The summed E-state index contributed by atoms with van der Waals surface area (Å²) in [5, 5.41) is 7.57. The van der Waals surface area contributed by atoms with Crippen molar-refractivity contribution in [2.24, 2.45) is 0 Å². The molecule has 22 heavy (non-hydrogen) atoms. The summed E-state index contributed by atoms with van der Waals surface area (Å²) in [5.41, 5.74) is 0.401. The van der Waals surface area contributed by atoms with Crippen LogP contribution in [-0.4, -0.2) is 15.7 Å². The van der Waals surface area contributed by atoms with Gasteiger partial charge in [0, 0.05) is 28.3 Å². The molecule has 1 amide bonds. The van der Waals surface area contributed by atoms with E-state index in [1.165, 1.54) is 16.8 Å². The van der Waals surface area contributed by atoms with Gasteiger partial charge < -0.3 is 5.32 Å². The molecule has 0 fully saturated rings. The monoisotopic (exact) mass is 339 g/mol. The highest BCUT2D eigenvalue weighted by molar-refractivity contribution is 6.35. The molecule has 1 aromatic carbocycles. The van der Waals surface area contributed by atoms with E-state index >= 15 is 0 Å². The number of carbonyl (C=O) groups is 1. The molecule has 0 saturated heterocycles. The van der Waals surface area contributed by atoms with Crippen molar-refractivity contribution < 1.29 is 4.79 Å². The van der Waals surface area contributed by atoms with Crippen molar-refractivity contribution in [2.45, 2.75) is 26.3 Å². The largest absolute Gasteiger partial charge is 0.320 e. The second kappa shape index (κ2) is 7.42. The number of aromatic nitrogens is 2. The fraction of sp³-hybridized carbons (Fsp3) is 0.267. The number of aryl methyl sites for hydroxylation is 1. The van der Waals surface area contributed by atoms with E-state index in [2.05, 4.69) is 10.4 Å². The third-order valence-electron chi connectivity index (χ3n) is 2.94. The van der Waals surface area contributed by atoms with Crippen LogP contribution in [0.3, 0.4) is 0 Å². The van der Waals surface area contributed by atoms with Crippen LogP contribution in [0.4, 0.5) is 5.69 Å². The number of nitrogens with one attached hydrogen (secondary N) is 1. The lowest BCUT2D eigenvalue weighted by Gasteiger charge is -2.08. The number of unbranched alkanes of at least 4 members (excludes halogenated alkanes) is 1. The van der Waals surface area contributed by atoms with E-state index in [-0.39, 0.29) is 11.3 Å². The summed E-state index contributed by atoms with van der Waals surface area (Å²) in [6, 6.07) is 7.47. The molecule has 0 aliphatic heterocycles. The first-order valence-electron chi connectivity index (χ1n) is 6.85. The zero-order valence-corrected chi connectivity index (χ0v) is 13.5. The summed E-state index contributed by atoms with van der Waals surface area (Å²) in [7, 11) is 0. The lowest BCUT2D eigenvalue weighted by atomic mass is 10.3. The molecule has 1 heterocycles. The minimum Gasteiger partial charge on any atom is -0.320 e. The Kier molecular flexibility index (Phi) is 5.57. The number of halogens is 2. The summed E-state index contributed by atoms with van der Waals surface area (Å²) in [4.78, 5) is 23.9. The normalized spacial score (nSPS) is 10.5. The average molecular weight is 340 g/mol. The number of benzene rings is 1. The zero-order chi connectivity index (χ0) is 16.1. The van der Waals surface area contributed by atoms with E-state index in [4.69, 9.17) is 23.2 Å². The maximum atomic E-state index is 12.2. The van der Waals surface area contributed by atoms with Crippen LogP contribution < -0.4 is 10.9 Å². The molecule has 116 valence electrons. The van der Waals surface area contributed by atoms with E-state index in [1.807, 2.05) is 6.92 Å². The Labute approximate surface area is 137 Å². The number of anilines is 1. The van der Waals surface area contributed by atoms with Crippen LogP contribution in [0, 0.1) is 0 Å². The molecule has 0 aliphatic carbocycles. The third-order valence-corrected chi connectivity index (χ3v) is 3.38. The van der Waals surface area contributed by atoms with E-state index in [1.54, 1.807) is 18.2 Å². The highest BCUT2D eigenvalue weighted by Crippen LogP contribution is 2.22. The maximum absolute atomic E-state index is 12.2. The highest BCUT2D eigenvalue weighted by Gasteiger charge is 2.10. The van der Waals surface area contributed by atoms with E-state index < -0.39 is 5.91 Å². The molecule has 5 nitrogen and oxygen atoms in total. The summed E-state index contributed by atoms with van der Waals surface area (Å²) in [6.07, 6.45) is 1.76. The van der Waals surface area contributed by atoms with Gasteiger partial charge >= 0.3 is 0 Å². The van der Waals surface area contributed by atoms with Gasteiger partial charge in [0.15, 0.2) is 0 Å². The minimum absolute atomic E-state index is 0.159. The molecule has 0 spiro atoms. The van der Waals surface area contributed by atoms with E-state index in [0.29, 0.717) is 22.3 Å². The summed E-state index contributed by atoms with van der Waals surface area (Å²) < 4.78 is 1.30. The van der Waals surface area contributed by atoms with Crippen LogP contribution in [0.2, 0.25) is 10.0 Å². The quantitative estimate of drug-likeness (QED) is 0.904. The van der Waals surface area contributed by atoms with Crippen molar-refractivity contribution in [3.63, 3.8) is 0 Å². The summed E-state index contributed by atoms with van der Waals surface area (Å²) >= 11 is 11.8. The molecule has 0 saturated carbocycles. The second-order valence-electron chi connectivity index (χ2n) is 4.75. The molecule has 2 rings (SSSR count). The molecule has 7 heteroatoms. The van der Waals surface area contributed by atoms with Gasteiger partial charge in [0.25, 0.3) is 11.5 Å². The van der Waals surface area contributed by atoms with Crippen molar-refractivity contribution in [3.05, 3.63) is 56.4 Å². The Morgan fingerprint density at radius 3 is 2.55 bits per heavy atom. The lowest BCUT2D eigenvalue weighted by molar-refractivity contribution is 0.102. The van der Waals surface area contributed by atoms with Gasteiger partial charge in [-0.05, 0) is 30.7 Å². The van der Waals surface area contributed by atoms with E-state index in [0.717, 1.165) is 12.8 Å². The Morgan fingerprint density at radius 1 is 1.23 bits per heavy atom. The van der Waals surface area contributed by atoms with Gasteiger partial charge in [-0.15, -0.1) is 0 Å². The number of nitrogens with zero attached hydrogens (tertiary/aromatic N) is 2. The lowest BCUT2D eigenvalue weighted by Crippen LogP contribution is -2.26. The number of amides is 1. The second-order valence-corrected chi connectivity index (χ2v) is 5.62. The smallest absolute Gasteiger partial charge is 0.276 e. The van der Waals surface area contributed by atoms with Gasteiger partial charge in [-0.3, -0.25) is 9.59 Å². The topological polar surface area (TPSA) is 64.0 Å². The fourth-order valence-electron chi connectivity index (χ4n) is 1.86. The molecule has 0 atom stereocenters. The molecular weight excluding hydrogens is 325 g/mol. The highest BCUT2D eigenvalue weighted by atomic mass is 35.5. The first-order valence-corrected chi connectivity index (χ1v) is 7.61. The molecule has 2 aromatic rings. The SMILES string of the molecule is CCCCn1nc(C(=O)Nc2cc(Cl)cc(Cl)c2)ccc1=O. The van der Waals surface area contributed by atoms with Crippen LogP contribution in [-0.2, 0) is 6.54 Å². The van der Waals surface area contributed by atoms with Crippen molar-refractivity contribution in [3.8, 4) is 0 Å². The van der Waals surface area contributed by atoms with Gasteiger partial charge in [-0.25, -0.2) is 4.68 Å². The van der Waals surface area contributed by atoms with Gasteiger partial charge in [-0.2, -0.15) is 5.10 Å². The molecule has 1 aromatic heterocycles. The molecular formula is C15H15Cl2N3O2. The van der Waals surface area contributed by atoms with Crippen LogP contribution in [0.1, 0.15) is 30.3 Å². The third kappa shape index (κ3) is 4.32. The van der Waals surface area contributed by atoms with Crippen molar-refractivity contribution in [1.82, 2.24) is 9.78 Å². The fourth-order valence-corrected chi connectivity index (χ4v) is 2.39. The first kappa shape index (κ1) is 16.5. The summed E-state index contributed by atoms with van der Waals surface area (Å²) in [6.45, 7) is 2.50. The van der Waals surface area contributed by atoms with Gasteiger partial charge in [0.05, 0.1) is 0 Å². The van der Waals surface area contributed by atoms with Crippen molar-refractivity contribution >= 4 is 34.8 Å². The molecule has 0 bridgehead atoms. The maximum Gasteiger partial charge on any atom is 0.276 e. The number of rotatable bonds is 5. The van der Waals surface area contributed by atoms with Crippen LogP contribution in [0.5, 0.6) is 0 Å². The van der Waals surface area contributed by atoms with Crippen LogP contribution in [0.25, 0.3) is 0 Å². The van der Waals surface area contributed by atoms with Crippen LogP contribution >= 0.6 is 23.2 Å². The number of hydrogen-bond acceptors (Lipinski definition) is 3. The van der Waals surface area contributed by atoms with Gasteiger partial charge in [0.1, 0.15) is 5.69 Å². The van der Waals surface area contributed by atoms with E-state index in [9.17, 15) is 9.59 Å². The molecule has 0 unspecified atom stereocenters. The predicted molar refractivity (Wildman–Crippen MR) is 87.8 cm³/mol. The summed E-state index contributed by atoms with van der Waals surface area (Å²) in [5.74, 6) is -0.427. The first-order chi connectivity index (χ1) is 10.5. The van der Waals surface area contributed by atoms with Crippen molar-refractivity contribution in [1.29, 1.82) is 0 Å². The van der Waals surface area contributed by atoms with Crippen molar-refractivity contribution in [2.75, 3.05) is 5.32 Å². The van der Waals surface area contributed by atoms with Crippen LogP contribution in [0.15, 0.2) is 35.1 Å².